The van der Waals surface area contributed by atoms with Gasteiger partial charge in [-0.05, 0) is 31.9 Å². The van der Waals surface area contributed by atoms with Crippen molar-refractivity contribution >= 4 is 11.8 Å². The number of aryl methyl sites for hydroxylation is 1. The van der Waals surface area contributed by atoms with E-state index in [0.29, 0.717) is 18.7 Å². The van der Waals surface area contributed by atoms with Crippen molar-refractivity contribution in [1.29, 1.82) is 0 Å². The lowest BCUT2D eigenvalue weighted by Gasteiger charge is -2.36. The van der Waals surface area contributed by atoms with Crippen LogP contribution in [-0.2, 0) is 9.47 Å². The predicted octanol–water partition coefficient (Wildman–Crippen LogP) is 1.12. The molecule has 0 radical (unpaired) electrons. The molecule has 21 heavy (non-hydrogen) atoms. The molecule has 1 aliphatic rings. The van der Waals surface area contributed by atoms with Crippen LogP contribution in [0, 0.1) is 6.92 Å². The number of nitrogens with two attached hydrogens (primary N) is 1. The summed E-state index contributed by atoms with van der Waals surface area (Å²) in [6.07, 6.45) is 2.52. The molecule has 2 rings (SSSR count). The van der Waals surface area contributed by atoms with Crippen LogP contribution in [0.3, 0.4) is 0 Å². The molecule has 6 nitrogen and oxygen atoms in total. The number of pyridine rings is 1. The summed E-state index contributed by atoms with van der Waals surface area (Å²) in [6, 6.07) is 1.83. The number of piperidine rings is 1. The molecule has 0 spiro atoms. The summed E-state index contributed by atoms with van der Waals surface area (Å²) in [5, 5.41) is 0. The van der Waals surface area contributed by atoms with E-state index in [0.717, 1.165) is 24.3 Å². The van der Waals surface area contributed by atoms with Crippen LogP contribution < -0.4 is 10.6 Å². The first kappa shape index (κ1) is 15.7. The van der Waals surface area contributed by atoms with Crippen molar-refractivity contribution in [3.8, 4) is 0 Å². The molecule has 116 valence electrons. The van der Waals surface area contributed by atoms with Gasteiger partial charge in [-0.3, -0.25) is 0 Å². The van der Waals surface area contributed by atoms with Gasteiger partial charge in [-0.15, -0.1) is 0 Å². The van der Waals surface area contributed by atoms with Crippen molar-refractivity contribution in [2.24, 2.45) is 5.73 Å². The van der Waals surface area contributed by atoms with E-state index in [1.165, 1.54) is 0 Å². The standard InChI is InChI=1S/C15H23N3O3/c1-4-21-15(19)11-7-14(17-8-10(11)2)18-6-5-12(16)13(9-18)20-3/h7-8,12-13H,4-6,9,16H2,1-3H3. The fraction of sp³-hybridized carbons (Fsp3) is 0.600. The first-order valence-corrected chi connectivity index (χ1v) is 7.24. The first-order chi connectivity index (χ1) is 10.1. The van der Waals surface area contributed by atoms with Crippen LogP contribution in [-0.4, -0.2) is 49.9 Å². The Hall–Kier alpha value is -1.66. The van der Waals surface area contributed by atoms with Crippen LogP contribution >= 0.6 is 0 Å². The van der Waals surface area contributed by atoms with Crippen LogP contribution in [0.15, 0.2) is 12.3 Å². The van der Waals surface area contributed by atoms with E-state index in [9.17, 15) is 4.79 Å². The second-order valence-electron chi connectivity index (χ2n) is 5.25. The van der Waals surface area contributed by atoms with Crippen LogP contribution in [0.5, 0.6) is 0 Å². The number of nitrogens with zero attached hydrogens (tertiary/aromatic N) is 2. The van der Waals surface area contributed by atoms with Crippen LogP contribution in [0.2, 0.25) is 0 Å². The van der Waals surface area contributed by atoms with E-state index in [-0.39, 0.29) is 18.1 Å². The fourth-order valence-corrected chi connectivity index (χ4v) is 2.51. The second kappa shape index (κ2) is 6.87. The number of aromatic nitrogens is 1. The van der Waals surface area contributed by atoms with E-state index in [2.05, 4.69) is 9.88 Å². The first-order valence-electron chi connectivity index (χ1n) is 7.24. The van der Waals surface area contributed by atoms with Crippen LogP contribution in [0.1, 0.15) is 29.3 Å². The average Bonchev–Trinajstić information content (AvgIpc) is 2.48. The Morgan fingerprint density at radius 3 is 3.00 bits per heavy atom. The molecule has 1 aromatic heterocycles. The Labute approximate surface area is 125 Å². The minimum Gasteiger partial charge on any atom is -0.462 e. The lowest BCUT2D eigenvalue weighted by molar-refractivity contribution is 0.0525. The Bertz CT molecular complexity index is 507. The highest BCUT2D eigenvalue weighted by atomic mass is 16.5. The lowest BCUT2D eigenvalue weighted by atomic mass is 10.0. The maximum atomic E-state index is 12.0. The summed E-state index contributed by atoms with van der Waals surface area (Å²) in [6.45, 7) is 5.49. The highest BCUT2D eigenvalue weighted by molar-refractivity contribution is 5.91. The zero-order valence-corrected chi connectivity index (χ0v) is 12.8. The van der Waals surface area contributed by atoms with E-state index in [4.69, 9.17) is 15.2 Å². The van der Waals surface area contributed by atoms with Gasteiger partial charge < -0.3 is 20.1 Å². The third kappa shape index (κ3) is 3.51. The van der Waals surface area contributed by atoms with E-state index < -0.39 is 0 Å². The maximum absolute atomic E-state index is 12.0. The number of methoxy groups -OCH3 is 1. The molecule has 2 unspecified atom stereocenters. The van der Waals surface area contributed by atoms with Gasteiger partial charge in [-0.25, -0.2) is 9.78 Å². The van der Waals surface area contributed by atoms with Crippen molar-refractivity contribution in [2.75, 3.05) is 31.7 Å². The van der Waals surface area contributed by atoms with Crippen molar-refractivity contribution in [1.82, 2.24) is 4.98 Å². The predicted molar refractivity (Wildman–Crippen MR) is 80.5 cm³/mol. The normalized spacial score (nSPS) is 22.2. The summed E-state index contributed by atoms with van der Waals surface area (Å²) in [4.78, 5) is 18.5. The Morgan fingerprint density at radius 2 is 2.33 bits per heavy atom. The molecular weight excluding hydrogens is 270 g/mol. The summed E-state index contributed by atoms with van der Waals surface area (Å²) in [5.41, 5.74) is 7.40. The SMILES string of the molecule is CCOC(=O)c1cc(N2CCC(N)C(OC)C2)ncc1C. The third-order valence-corrected chi connectivity index (χ3v) is 3.82. The molecule has 2 heterocycles. The largest absolute Gasteiger partial charge is 0.462 e. The molecule has 0 saturated carbocycles. The lowest BCUT2D eigenvalue weighted by Crippen LogP contribution is -2.51. The van der Waals surface area contributed by atoms with Crippen molar-refractivity contribution in [2.45, 2.75) is 32.4 Å². The number of ether oxygens (including phenoxy) is 2. The quantitative estimate of drug-likeness (QED) is 0.838. The molecule has 0 amide bonds. The van der Waals surface area contributed by atoms with E-state index in [1.54, 1.807) is 26.3 Å². The Kier molecular flexibility index (Phi) is 5.14. The molecule has 1 saturated heterocycles. The Balaban J connectivity index is 2.20. The molecule has 2 atom stereocenters. The zero-order chi connectivity index (χ0) is 15.4. The Morgan fingerprint density at radius 1 is 1.57 bits per heavy atom. The molecular formula is C15H23N3O3. The van der Waals surface area contributed by atoms with Gasteiger partial charge in [0.1, 0.15) is 5.82 Å². The maximum Gasteiger partial charge on any atom is 0.338 e. The van der Waals surface area contributed by atoms with E-state index >= 15 is 0 Å². The topological polar surface area (TPSA) is 77.7 Å². The molecule has 1 aromatic rings. The van der Waals surface area contributed by atoms with Crippen LogP contribution in [0.4, 0.5) is 5.82 Å². The third-order valence-electron chi connectivity index (χ3n) is 3.82. The highest BCUT2D eigenvalue weighted by Crippen LogP contribution is 2.21. The van der Waals surface area contributed by atoms with Crippen molar-refractivity contribution in [3.05, 3.63) is 23.4 Å². The van der Waals surface area contributed by atoms with Gasteiger partial charge >= 0.3 is 5.97 Å². The summed E-state index contributed by atoms with van der Waals surface area (Å²) < 4.78 is 10.5. The molecule has 1 aliphatic heterocycles. The van der Waals surface area contributed by atoms with Crippen LogP contribution in [0.25, 0.3) is 0 Å². The molecule has 0 bridgehead atoms. The average molecular weight is 293 g/mol. The number of esters is 1. The van der Waals surface area contributed by atoms with Crippen molar-refractivity contribution < 1.29 is 14.3 Å². The van der Waals surface area contributed by atoms with Gasteiger partial charge in [0.15, 0.2) is 0 Å². The summed E-state index contributed by atoms with van der Waals surface area (Å²) in [7, 11) is 1.67. The molecule has 6 heteroatoms. The highest BCUT2D eigenvalue weighted by Gasteiger charge is 2.27. The molecule has 0 aliphatic carbocycles. The van der Waals surface area contributed by atoms with E-state index in [1.807, 2.05) is 6.92 Å². The van der Waals surface area contributed by atoms with Gasteiger partial charge in [0, 0.05) is 32.4 Å². The number of carbonyl (C=O) groups is 1. The van der Waals surface area contributed by atoms with Crippen molar-refractivity contribution in [3.63, 3.8) is 0 Å². The zero-order valence-electron chi connectivity index (χ0n) is 12.8. The van der Waals surface area contributed by atoms with Gasteiger partial charge in [0.25, 0.3) is 0 Å². The number of hydrogen-bond acceptors (Lipinski definition) is 6. The second-order valence-corrected chi connectivity index (χ2v) is 5.25. The number of hydrogen-bond donors (Lipinski definition) is 1. The number of rotatable bonds is 4. The molecule has 0 aromatic carbocycles. The number of carbonyl (C=O) groups excluding carboxylic acids is 1. The summed E-state index contributed by atoms with van der Waals surface area (Å²) in [5.74, 6) is 0.452. The summed E-state index contributed by atoms with van der Waals surface area (Å²) >= 11 is 0. The van der Waals surface area contributed by atoms with Gasteiger partial charge in [0.05, 0.1) is 18.3 Å². The minimum absolute atomic E-state index is 0.0205. The molecule has 1 fully saturated rings. The van der Waals surface area contributed by atoms with Gasteiger partial charge in [-0.1, -0.05) is 0 Å². The smallest absolute Gasteiger partial charge is 0.338 e. The van der Waals surface area contributed by atoms with Gasteiger partial charge in [-0.2, -0.15) is 0 Å². The number of anilines is 1. The van der Waals surface area contributed by atoms with Gasteiger partial charge in [0.2, 0.25) is 0 Å². The minimum atomic E-state index is -0.310. The molecule has 2 N–H and O–H groups in total. The monoisotopic (exact) mass is 293 g/mol. The fourth-order valence-electron chi connectivity index (χ4n) is 2.51.